The van der Waals surface area contributed by atoms with Gasteiger partial charge in [0.15, 0.2) is 0 Å². The van der Waals surface area contributed by atoms with Gasteiger partial charge in [0.05, 0.1) is 6.54 Å². The van der Waals surface area contributed by atoms with E-state index >= 15 is 0 Å². The smallest absolute Gasteiger partial charge is 0.317 e. The normalized spacial score (nSPS) is 20.1. The molecule has 6 nitrogen and oxygen atoms in total. The molecule has 2 atom stereocenters. The van der Waals surface area contributed by atoms with Crippen molar-refractivity contribution in [2.75, 3.05) is 7.05 Å². The zero-order valence-corrected chi connectivity index (χ0v) is 14.4. The predicted molar refractivity (Wildman–Crippen MR) is 92.3 cm³/mol. The molecule has 0 saturated heterocycles. The Kier molecular flexibility index (Phi) is 5.13. The van der Waals surface area contributed by atoms with Crippen molar-refractivity contribution in [1.29, 1.82) is 0 Å². The van der Waals surface area contributed by atoms with Gasteiger partial charge in [-0.15, -0.1) is 0 Å². The number of urea groups is 1. The number of nitrogens with zero attached hydrogens (tertiary/aromatic N) is 4. The topological polar surface area (TPSA) is 63.1 Å². The van der Waals surface area contributed by atoms with Crippen LogP contribution in [0.25, 0.3) is 0 Å². The number of carbonyl (C=O) groups is 1. The molecule has 24 heavy (non-hydrogen) atoms. The quantitative estimate of drug-likeness (QED) is 0.917. The molecule has 0 spiro atoms. The Morgan fingerprint density at radius 1 is 1.33 bits per heavy atom. The van der Waals surface area contributed by atoms with Gasteiger partial charge in [0, 0.05) is 20.1 Å². The molecular weight excluding hydrogens is 302 g/mol. The number of nitrogens with one attached hydrogen (secondary N) is 1. The highest BCUT2D eigenvalue weighted by Crippen LogP contribution is 2.29. The molecule has 3 rings (SSSR count). The molecule has 1 aliphatic carbocycles. The Labute approximate surface area is 142 Å². The lowest BCUT2D eigenvalue weighted by atomic mass is 9.95. The molecular formula is C18H25N5O. The van der Waals surface area contributed by atoms with Crippen LogP contribution in [0.1, 0.15) is 30.7 Å². The highest BCUT2D eigenvalue weighted by atomic mass is 16.2. The second kappa shape index (κ2) is 7.47. The molecule has 1 aromatic carbocycles. The summed E-state index contributed by atoms with van der Waals surface area (Å²) in [4.78, 5) is 18.3. The molecule has 2 aromatic rings. The predicted octanol–water partition coefficient (Wildman–Crippen LogP) is 2.37. The van der Waals surface area contributed by atoms with Gasteiger partial charge in [-0.2, -0.15) is 5.10 Å². The minimum atomic E-state index is -0.0389. The van der Waals surface area contributed by atoms with Crippen LogP contribution >= 0.6 is 0 Å². The first-order chi connectivity index (χ1) is 11.6. The number of benzene rings is 1. The molecule has 1 N–H and O–H groups in total. The number of amides is 2. The van der Waals surface area contributed by atoms with Gasteiger partial charge >= 0.3 is 6.03 Å². The molecule has 6 heteroatoms. The third-order valence-corrected chi connectivity index (χ3v) is 4.84. The summed E-state index contributed by atoms with van der Waals surface area (Å²) < 4.78 is 1.69. The summed E-state index contributed by atoms with van der Waals surface area (Å²) in [5.41, 5.74) is 1.34. The fourth-order valence-corrected chi connectivity index (χ4v) is 3.40. The fourth-order valence-electron chi connectivity index (χ4n) is 3.40. The van der Waals surface area contributed by atoms with E-state index in [0.29, 0.717) is 12.5 Å². The van der Waals surface area contributed by atoms with E-state index in [1.165, 1.54) is 24.7 Å². The SMILES string of the molecule is CN(Cc1ncnn1C)C(=O)N[C@@H]1CCC[C@@H]1Cc1ccccc1. The molecule has 0 bridgehead atoms. The van der Waals surface area contributed by atoms with Gasteiger partial charge in [0.2, 0.25) is 0 Å². The maximum Gasteiger partial charge on any atom is 0.317 e. The van der Waals surface area contributed by atoms with E-state index in [9.17, 15) is 4.79 Å². The van der Waals surface area contributed by atoms with Crippen LogP contribution in [-0.4, -0.2) is 38.8 Å². The van der Waals surface area contributed by atoms with Gasteiger partial charge in [-0.3, -0.25) is 4.68 Å². The largest absolute Gasteiger partial charge is 0.335 e. The lowest BCUT2D eigenvalue weighted by Gasteiger charge is -2.25. The van der Waals surface area contributed by atoms with E-state index in [4.69, 9.17) is 0 Å². The van der Waals surface area contributed by atoms with Crippen molar-refractivity contribution in [1.82, 2.24) is 25.0 Å². The Hall–Kier alpha value is -2.37. The molecule has 0 aliphatic heterocycles. The zero-order valence-electron chi connectivity index (χ0n) is 14.4. The molecule has 1 heterocycles. The van der Waals surface area contributed by atoms with Crippen LogP contribution in [0.2, 0.25) is 0 Å². The van der Waals surface area contributed by atoms with E-state index in [1.807, 2.05) is 13.1 Å². The summed E-state index contributed by atoms with van der Waals surface area (Å²) in [6.07, 6.45) is 5.94. The van der Waals surface area contributed by atoms with E-state index < -0.39 is 0 Å². The minimum Gasteiger partial charge on any atom is -0.335 e. The van der Waals surface area contributed by atoms with Gasteiger partial charge in [-0.1, -0.05) is 36.8 Å². The third-order valence-electron chi connectivity index (χ3n) is 4.84. The summed E-state index contributed by atoms with van der Waals surface area (Å²) in [6.45, 7) is 0.457. The van der Waals surface area contributed by atoms with Crippen molar-refractivity contribution in [3.63, 3.8) is 0 Å². The average Bonchev–Trinajstić information content (AvgIpc) is 3.18. The Morgan fingerprint density at radius 2 is 2.12 bits per heavy atom. The number of rotatable bonds is 5. The summed E-state index contributed by atoms with van der Waals surface area (Å²) in [5, 5.41) is 7.25. The second-order valence-electron chi connectivity index (χ2n) is 6.59. The lowest BCUT2D eigenvalue weighted by Crippen LogP contribution is -2.44. The molecule has 1 saturated carbocycles. The van der Waals surface area contributed by atoms with Crippen LogP contribution in [0.4, 0.5) is 4.79 Å². The van der Waals surface area contributed by atoms with Crippen molar-refractivity contribution in [3.05, 3.63) is 48.0 Å². The number of hydrogen-bond acceptors (Lipinski definition) is 3. The van der Waals surface area contributed by atoms with Crippen LogP contribution in [0.5, 0.6) is 0 Å². The Balaban J connectivity index is 1.55. The van der Waals surface area contributed by atoms with Gasteiger partial charge < -0.3 is 10.2 Å². The Bertz CT molecular complexity index is 669. The first-order valence-electron chi connectivity index (χ1n) is 8.52. The minimum absolute atomic E-state index is 0.0389. The fraction of sp³-hybridized carbons (Fsp3) is 0.500. The number of aromatic nitrogens is 3. The van der Waals surface area contributed by atoms with Crippen molar-refractivity contribution in [2.24, 2.45) is 13.0 Å². The monoisotopic (exact) mass is 327 g/mol. The van der Waals surface area contributed by atoms with Crippen LogP contribution in [0.3, 0.4) is 0 Å². The summed E-state index contributed by atoms with van der Waals surface area (Å²) in [6, 6.07) is 10.7. The highest BCUT2D eigenvalue weighted by molar-refractivity contribution is 5.74. The van der Waals surface area contributed by atoms with Crippen LogP contribution in [0.15, 0.2) is 36.7 Å². The van der Waals surface area contributed by atoms with E-state index in [0.717, 1.165) is 18.7 Å². The van der Waals surface area contributed by atoms with Crippen molar-refractivity contribution < 1.29 is 4.79 Å². The van der Waals surface area contributed by atoms with Crippen molar-refractivity contribution in [3.8, 4) is 0 Å². The third kappa shape index (κ3) is 3.93. The van der Waals surface area contributed by atoms with Gasteiger partial charge in [0.1, 0.15) is 12.2 Å². The average molecular weight is 327 g/mol. The number of hydrogen-bond donors (Lipinski definition) is 1. The Morgan fingerprint density at radius 3 is 2.83 bits per heavy atom. The number of aryl methyl sites for hydroxylation is 1. The molecule has 128 valence electrons. The van der Waals surface area contributed by atoms with E-state index in [1.54, 1.807) is 16.6 Å². The first kappa shape index (κ1) is 16.5. The molecule has 1 aromatic heterocycles. The standard InChI is InChI=1S/C18H25N5O/c1-22(12-17-19-13-20-23(17)2)18(24)21-16-10-6-9-15(16)11-14-7-4-3-5-8-14/h3-5,7-8,13,15-16H,6,9-12H2,1-2H3,(H,21,24)/t15-,16-/m1/s1. The van der Waals surface area contributed by atoms with Gasteiger partial charge in [0.25, 0.3) is 0 Å². The maximum atomic E-state index is 12.5. The van der Waals surface area contributed by atoms with Crippen LogP contribution in [0, 0.1) is 5.92 Å². The van der Waals surface area contributed by atoms with Crippen LogP contribution < -0.4 is 5.32 Å². The van der Waals surface area contributed by atoms with Gasteiger partial charge in [-0.25, -0.2) is 9.78 Å². The summed E-state index contributed by atoms with van der Waals surface area (Å²) in [7, 11) is 3.63. The van der Waals surface area contributed by atoms with Crippen molar-refractivity contribution in [2.45, 2.75) is 38.3 Å². The molecule has 0 unspecified atom stereocenters. The summed E-state index contributed by atoms with van der Waals surface area (Å²) in [5.74, 6) is 1.29. The number of carbonyl (C=O) groups excluding carboxylic acids is 1. The highest BCUT2D eigenvalue weighted by Gasteiger charge is 2.29. The van der Waals surface area contributed by atoms with E-state index in [2.05, 4.69) is 39.7 Å². The molecule has 2 amide bonds. The molecule has 1 fully saturated rings. The van der Waals surface area contributed by atoms with Crippen LogP contribution in [-0.2, 0) is 20.0 Å². The molecule has 0 radical (unpaired) electrons. The van der Waals surface area contributed by atoms with Crippen molar-refractivity contribution >= 4 is 6.03 Å². The zero-order chi connectivity index (χ0) is 16.9. The second-order valence-corrected chi connectivity index (χ2v) is 6.59. The van der Waals surface area contributed by atoms with Gasteiger partial charge in [-0.05, 0) is 30.7 Å². The lowest BCUT2D eigenvalue weighted by molar-refractivity contribution is 0.197. The first-order valence-corrected chi connectivity index (χ1v) is 8.52. The van der Waals surface area contributed by atoms with E-state index in [-0.39, 0.29) is 12.1 Å². The molecule has 1 aliphatic rings. The maximum absolute atomic E-state index is 12.5. The summed E-state index contributed by atoms with van der Waals surface area (Å²) >= 11 is 0.